The molecule has 0 unspecified atom stereocenters. The Morgan fingerprint density at radius 3 is 2.00 bits per heavy atom. The summed E-state index contributed by atoms with van der Waals surface area (Å²) < 4.78 is 17.3. The van der Waals surface area contributed by atoms with E-state index in [2.05, 4.69) is 46.4 Å². The lowest BCUT2D eigenvalue weighted by molar-refractivity contribution is -0.124. The summed E-state index contributed by atoms with van der Waals surface area (Å²) in [6, 6.07) is 0. The lowest BCUT2D eigenvalue weighted by atomic mass is 10.1. The molecule has 0 aromatic rings. The van der Waals surface area contributed by atoms with Gasteiger partial charge in [0, 0.05) is 39.5 Å². The van der Waals surface area contributed by atoms with Gasteiger partial charge in [-0.05, 0) is 60.8 Å². The van der Waals surface area contributed by atoms with E-state index < -0.39 is 0 Å². The highest BCUT2D eigenvalue weighted by Gasteiger charge is 2.30. The van der Waals surface area contributed by atoms with Gasteiger partial charge in [-0.3, -0.25) is 4.90 Å². The molecule has 0 saturated carbocycles. The number of hydrogen-bond donors (Lipinski definition) is 0. The van der Waals surface area contributed by atoms with E-state index in [1.807, 2.05) is 0 Å². The van der Waals surface area contributed by atoms with Crippen LogP contribution in [0.5, 0.6) is 0 Å². The first-order chi connectivity index (χ1) is 10.2. The Hall–Kier alpha value is -0.160. The van der Waals surface area contributed by atoms with Crippen molar-refractivity contribution in [3.63, 3.8) is 0 Å². The van der Waals surface area contributed by atoms with Crippen molar-refractivity contribution in [1.82, 2.24) is 4.90 Å². The summed E-state index contributed by atoms with van der Waals surface area (Å²) in [5.74, 6) is 0. The molecule has 0 aliphatic carbocycles. The fourth-order valence-electron chi connectivity index (χ4n) is 2.46. The zero-order valence-corrected chi connectivity index (χ0v) is 15.6. The van der Waals surface area contributed by atoms with Crippen LogP contribution in [-0.2, 0) is 14.2 Å². The highest BCUT2D eigenvalue weighted by atomic mass is 16.5. The molecule has 1 fully saturated rings. The molecule has 0 aromatic carbocycles. The van der Waals surface area contributed by atoms with Crippen LogP contribution < -0.4 is 0 Å². The minimum atomic E-state index is -0.0212. The zero-order valence-electron chi connectivity index (χ0n) is 15.6. The van der Waals surface area contributed by atoms with Gasteiger partial charge in [0.1, 0.15) is 0 Å². The van der Waals surface area contributed by atoms with Crippen molar-refractivity contribution in [3.05, 3.63) is 0 Å². The van der Waals surface area contributed by atoms with Crippen LogP contribution in [-0.4, -0.2) is 61.7 Å². The molecule has 4 nitrogen and oxygen atoms in total. The summed E-state index contributed by atoms with van der Waals surface area (Å²) in [5, 5.41) is 0. The molecule has 0 radical (unpaired) electrons. The third-order valence-electron chi connectivity index (χ3n) is 3.42. The van der Waals surface area contributed by atoms with Crippen molar-refractivity contribution in [2.45, 2.75) is 78.1 Å². The first kappa shape index (κ1) is 19.9. The topological polar surface area (TPSA) is 30.9 Å². The maximum absolute atomic E-state index is 5.93. The second-order valence-electron chi connectivity index (χ2n) is 8.25. The Morgan fingerprint density at radius 1 is 0.818 bits per heavy atom. The first-order valence-electron chi connectivity index (χ1n) is 8.78. The van der Waals surface area contributed by atoms with Crippen LogP contribution in [0.15, 0.2) is 0 Å². The van der Waals surface area contributed by atoms with Gasteiger partial charge in [-0.2, -0.15) is 0 Å². The van der Waals surface area contributed by atoms with Gasteiger partial charge in [0.25, 0.3) is 0 Å². The van der Waals surface area contributed by atoms with Gasteiger partial charge in [0.2, 0.25) is 0 Å². The van der Waals surface area contributed by atoms with E-state index >= 15 is 0 Å². The van der Waals surface area contributed by atoms with E-state index in [0.29, 0.717) is 6.10 Å². The van der Waals surface area contributed by atoms with Gasteiger partial charge < -0.3 is 14.2 Å². The van der Waals surface area contributed by atoms with Crippen LogP contribution in [0.2, 0.25) is 0 Å². The molecule has 4 heteroatoms. The molecule has 1 rings (SSSR count). The van der Waals surface area contributed by atoms with Gasteiger partial charge >= 0.3 is 0 Å². The lowest BCUT2D eigenvalue weighted by Crippen LogP contribution is -2.54. The Bertz CT molecular complexity index is 288. The summed E-state index contributed by atoms with van der Waals surface area (Å²) in [6.07, 6.45) is 3.70. The van der Waals surface area contributed by atoms with E-state index in [-0.39, 0.29) is 11.2 Å². The zero-order chi connectivity index (χ0) is 16.6. The van der Waals surface area contributed by atoms with Gasteiger partial charge in [0.05, 0.1) is 17.3 Å². The molecule has 0 bridgehead atoms. The maximum atomic E-state index is 5.93. The van der Waals surface area contributed by atoms with Crippen molar-refractivity contribution in [2.24, 2.45) is 0 Å². The van der Waals surface area contributed by atoms with Crippen molar-refractivity contribution >= 4 is 0 Å². The quantitative estimate of drug-likeness (QED) is 0.578. The highest BCUT2D eigenvalue weighted by Crippen LogP contribution is 2.19. The van der Waals surface area contributed by atoms with Crippen LogP contribution >= 0.6 is 0 Å². The third-order valence-corrected chi connectivity index (χ3v) is 3.42. The standard InChI is InChI=1S/C18H37NO3/c1-17(2,3)21-13-8-7-11-20-12-9-10-19-14-16(15-19)22-18(4,5)6/h16H,7-15H2,1-6H3. The fourth-order valence-corrected chi connectivity index (χ4v) is 2.46. The molecule has 0 spiro atoms. The fraction of sp³-hybridized carbons (Fsp3) is 1.00. The third kappa shape index (κ3) is 10.5. The number of hydrogen-bond acceptors (Lipinski definition) is 4. The van der Waals surface area contributed by atoms with Crippen molar-refractivity contribution in [1.29, 1.82) is 0 Å². The summed E-state index contributed by atoms with van der Waals surface area (Å²) in [5.41, 5.74) is -0.0385. The SMILES string of the molecule is CC(C)(C)OCCCCOCCCN1CC(OC(C)(C)C)C1. The smallest absolute Gasteiger partial charge is 0.0835 e. The minimum absolute atomic E-state index is 0.0173. The van der Waals surface area contributed by atoms with Crippen LogP contribution in [0.4, 0.5) is 0 Å². The summed E-state index contributed by atoms with van der Waals surface area (Å²) >= 11 is 0. The number of likely N-dealkylation sites (tertiary alicyclic amines) is 1. The van der Waals surface area contributed by atoms with Gasteiger partial charge in [-0.1, -0.05) is 0 Å². The normalized spacial score (nSPS) is 17.7. The Kier molecular flexibility index (Phi) is 8.33. The number of nitrogens with zero attached hydrogens (tertiary/aromatic N) is 1. The Morgan fingerprint density at radius 2 is 1.41 bits per heavy atom. The number of unbranched alkanes of at least 4 members (excludes halogenated alkanes) is 1. The van der Waals surface area contributed by atoms with Gasteiger partial charge in [0.15, 0.2) is 0 Å². The summed E-state index contributed by atoms with van der Waals surface area (Å²) in [7, 11) is 0. The van der Waals surface area contributed by atoms with Crippen molar-refractivity contribution in [2.75, 3.05) is 39.5 Å². The molecule has 1 saturated heterocycles. The molecule has 0 aromatic heterocycles. The second-order valence-corrected chi connectivity index (χ2v) is 8.25. The lowest BCUT2D eigenvalue weighted by Gasteiger charge is -2.42. The van der Waals surface area contributed by atoms with Gasteiger partial charge in [-0.25, -0.2) is 0 Å². The van der Waals surface area contributed by atoms with E-state index in [0.717, 1.165) is 58.7 Å². The second kappa shape index (κ2) is 9.21. The molecule has 22 heavy (non-hydrogen) atoms. The largest absolute Gasteiger partial charge is 0.381 e. The molecule has 1 aliphatic rings. The molecule has 0 atom stereocenters. The predicted octanol–water partition coefficient (Wildman–Crippen LogP) is 3.49. The first-order valence-corrected chi connectivity index (χ1v) is 8.78. The molecule has 0 N–H and O–H groups in total. The number of rotatable bonds is 10. The van der Waals surface area contributed by atoms with Crippen molar-refractivity contribution in [3.8, 4) is 0 Å². The average Bonchev–Trinajstić information content (AvgIpc) is 2.30. The van der Waals surface area contributed by atoms with Crippen molar-refractivity contribution < 1.29 is 14.2 Å². The van der Waals surface area contributed by atoms with Crippen LogP contribution in [0.25, 0.3) is 0 Å². The van der Waals surface area contributed by atoms with Gasteiger partial charge in [-0.15, -0.1) is 0 Å². The molecule has 0 amide bonds. The van der Waals surface area contributed by atoms with E-state index in [9.17, 15) is 0 Å². The molecular weight excluding hydrogens is 278 g/mol. The Labute approximate surface area is 137 Å². The Balaban J connectivity index is 1.82. The van der Waals surface area contributed by atoms with E-state index in [1.54, 1.807) is 0 Å². The molecular formula is C18H37NO3. The minimum Gasteiger partial charge on any atom is -0.381 e. The van der Waals surface area contributed by atoms with E-state index in [4.69, 9.17) is 14.2 Å². The van der Waals surface area contributed by atoms with E-state index in [1.165, 1.54) is 0 Å². The number of ether oxygens (including phenoxy) is 3. The predicted molar refractivity (Wildman–Crippen MR) is 91.4 cm³/mol. The molecule has 132 valence electrons. The summed E-state index contributed by atoms with van der Waals surface area (Å²) in [6.45, 7) is 18.5. The van der Waals surface area contributed by atoms with Crippen LogP contribution in [0.1, 0.15) is 60.8 Å². The molecule has 1 aliphatic heterocycles. The van der Waals surface area contributed by atoms with Crippen LogP contribution in [0.3, 0.4) is 0 Å². The molecule has 1 heterocycles. The summed E-state index contributed by atoms with van der Waals surface area (Å²) in [4.78, 5) is 2.44. The monoisotopic (exact) mass is 315 g/mol. The maximum Gasteiger partial charge on any atom is 0.0835 e. The highest BCUT2D eigenvalue weighted by molar-refractivity contribution is 4.82. The average molecular weight is 315 g/mol. The van der Waals surface area contributed by atoms with Crippen LogP contribution in [0, 0.1) is 0 Å².